The van der Waals surface area contributed by atoms with Crippen LogP contribution in [0, 0.1) is 0 Å². The summed E-state index contributed by atoms with van der Waals surface area (Å²) in [4.78, 5) is 16.0. The molecule has 0 aliphatic heterocycles. The molecule has 0 aliphatic rings. The maximum atomic E-state index is 11.9. The van der Waals surface area contributed by atoms with Gasteiger partial charge in [0.2, 0.25) is 11.8 Å². The lowest BCUT2D eigenvalue weighted by Crippen LogP contribution is -2.26. The van der Waals surface area contributed by atoms with Gasteiger partial charge in [-0.15, -0.1) is 0 Å². The van der Waals surface area contributed by atoms with Crippen molar-refractivity contribution >= 4 is 5.91 Å². The molecule has 0 saturated carbocycles. The first-order valence-electron chi connectivity index (χ1n) is 7.35. The number of ether oxygens (including phenoxy) is 1. The average Bonchev–Trinajstić information content (AvgIpc) is 3.07. The summed E-state index contributed by atoms with van der Waals surface area (Å²) in [5.41, 5.74) is 0.972. The minimum absolute atomic E-state index is 0.0303. The molecule has 1 N–H and O–H groups in total. The van der Waals surface area contributed by atoms with E-state index in [1.165, 1.54) is 0 Å². The quantitative estimate of drug-likeness (QED) is 0.761. The van der Waals surface area contributed by atoms with Crippen molar-refractivity contribution < 1.29 is 9.53 Å². The first-order chi connectivity index (χ1) is 11.3. The molecule has 5 nitrogen and oxygen atoms in total. The maximum absolute atomic E-state index is 11.9. The van der Waals surface area contributed by atoms with Crippen LogP contribution in [0.4, 0.5) is 0 Å². The van der Waals surface area contributed by atoms with Crippen LogP contribution in [0.3, 0.4) is 0 Å². The van der Waals surface area contributed by atoms with E-state index in [-0.39, 0.29) is 5.91 Å². The normalized spacial score (nSPS) is 10.3. The van der Waals surface area contributed by atoms with Crippen molar-refractivity contribution in [3.8, 4) is 11.6 Å². The van der Waals surface area contributed by atoms with Gasteiger partial charge in [-0.1, -0.05) is 18.2 Å². The van der Waals surface area contributed by atoms with Crippen molar-refractivity contribution in [2.75, 3.05) is 0 Å². The van der Waals surface area contributed by atoms with Gasteiger partial charge in [-0.3, -0.25) is 4.79 Å². The first kappa shape index (κ1) is 14.8. The summed E-state index contributed by atoms with van der Waals surface area (Å²) in [6.45, 7) is 0.774. The lowest BCUT2D eigenvalue weighted by Gasteiger charge is -2.08. The Kier molecular flexibility index (Phi) is 4.69. The minimum atomic E-state index is -0.0303. The molecule has 0 bridgehead atoms. The second-order valence-electron chi connectivity index (χ2n) is 5.05. The summed E-state index contributed by atoms with van der Waals surface area (Å²) in [6, 6.07) is 16.9. The lowest BCUT2D eigenvalue weighted by molar-refractivity contribution is -0.121. The zero-order valence-corrected chi connectivity index (χ0v) is 12.6. The van der Waals surface area contributed by atoms with Crippen molar-refractivity contribution in [3.63, 3.8) is 0 Å². The highest BCUT2D eigenvalue weighted by Gasteiger charge is 2.03. The van der Waals surface area contributed by atoms with Gasteiger partial charge in [0.25, 0.3) is 0 Å². The Labute approximate surface area is 134 Å². The van der Waals surface area contributed by atoms with E-state index < -0.39 is 0 Å². The molecule has 23 heavy (non-hydrogen) atoms. The van der Waals surface area contributed by atoms with Gasteiger partial charge >= 0.3 is 0 Å². The van der Waals surface area contributed by atoms with E-state index >= 15 is 0 Å². The lowest BCUT2D eigenvalue weighted by atomic mass is 10.2. The van der Waals surface area contributed by atoms with E-state index in [1.807, 2.05) is 65.5 Å². The van der Waals surface area contributed by atoms with E-state index in [0.717, 1.165) is 5.56 Å². The molecule has 5 heteroatoms. The van der Waals surface area contributed by atoms with Gasteiger partial charge < -0.3 is 14.6 Å². The van der Waals surface area contributed by atoms with Gasteiger partial charge in [0.1, 0.15) is 12.3 Å². The standard InChI is InChI=1S/C18H17N3O2/c22-17(14-21-10-3-4-11-21)20-13-15-6-5-7-16(12-15)23-18-8-1-2-9-19-18/h1-12H,13-14H2,(H,20,22). The fourth-order valence-corrected chi connectivity index (χ4v) is 2.15. The Bertz CT molecular complexity index is 755. The average molecular weight is 307 g/mol. The Morgan fingerprint density at radius 2 is 1.96 bits per heavy atom. The van der Waals surface area contributed by atoms with Gasteiger partial charge in [0.05, 0.1) is 0 Å². The van der Waals surface area contributed by atoms with Crippen LogP contribution < -0.4 is 10.1 Å². The Morgan fingerprint density at radius 3 is 2.74 bits per heavy atom. The van der Waals surface area contributed by atoms with E-state index in [4.69, 9.17) is 4.74 Å². The fraction of sp³-hybridized carbons (Fsp3) is 0.111. The van der Waals surface area contributed by atoms with Gasteiger partial charge in [0.15, 0.2) is 0 Å². The summed E-state index contributed by atoms with van der Waals surface area (Å²) >= 11 is 0. The smallest absolute Gasteiger partial charge is 0.240 e. The van der Waals surface area contributed by atoms with Gasteiger partial charge in [-0.25, -0.2) is 4.98 Å². The maximum Gasteiger partial charge on any atom is 0.240 e. The molecule has 0 aliphatic carbocycles. The van der Waals surface area contributed by atoms with Gasteiger partial charge in [-0.2, -0.15) is 0 Å². The van der Waals surface area contributed by atoms with Crippen LogP contribution in [0.15, 0.2) is 73.2 Å². The summed E-state index contributed by atoms with van der Waals surface area (Å²) in [6.07, 6.45) is 5.41. The van der Waals surface area contributed by atoms with Crippen LogP contribution in [0.5, 0.6) is 11.6 Å². The molecule has 1 amide bonds. The second kappa shape index (κ2) is 7.26. The number of nitrogens with zero attached hydrogens (tertiary/aromatic N) is 2. The van der Waals surface area contributed by atoms with Crippen molar-refractivity contribution in [2.24, 2.45) is 0 Å². The third-order valence-corrected chi connectivity index (χ3v) is 3.24. The highest BCUT2D eigenvalue weighted by molar-refractivity contribution is 5.75. The molecule has 3 rings (SSSR count). The van der Waals surface area contributed by atoms with Crippen LogP contribution in [-0.2, 0) is 17.9 Å². The topological polar surface area (TPSA) is 56.2 Å². The van der Waals surface area contributed by atoms with Crippen molar-refractivity contribution in [2.45, 2.75) is 13.1 Å². The number of aromatic nitrogens is 2. The number of benzene rings is 1. The molecule has 116 valence electrons. The summed E-state index contributed by atoms with van der Waals surface area (Å²) < 4.78 is 7.51. The Morgan fingerprint density at radius 1 is 1.09 bits per heavy atom. The number of carbonyl (C=O) groups excluding carboxylic acids is 1. The predicted octanol–water partition coefficient (Wildman–Crippen LogP) is 2.99. The van der Waals surface area contributed by atoms with Crippen LogP contribution in [-0.4, -0.2) is 15.5 Å². The number of nitrogens with one attached hydrogen (secondary N) is 1. The molecule has 2 heterocycles. The molecule has 0 fully saturated rings. The number of pyridine rings is 1. The number of hydrogen-bond donors (Lipinski definition) is 1. The second-order valence-corrected chi connectivity index (χ2v) is 5.05. The number of carbonyl (C=O) groups is 1. The van der Waals surface area contributed by atoms with Crippen LogP contribution >= 0.6 is 0 Å². The highest BCUT2D eigenvalue weighted by atomic mass is 16.5. The zero-order chi connectivity index (χ0) is 15.9. The molecule has 0 atom stereocenters. The van der Waals surface area contributed by atoms with E-state index in [2.05, 4.69) is 10.3 Å². The van der Waals surface area contributed by atoms with Gasteiger partial charge in [0, 0.05) is 31.2 Å². The third kappa shape index (κ3) is 4.44. The molecular formula is C18H17N3O2. The van der Waals surface area contributed by atoms with E-state index in [0.29, 0.717) is 24.7 Å². The predicted molar refractivity (Wildman–Crippen MR) is 87.0 cm³/mol. The number of rotatable bonds is 6. The minimum Gasteiger partial charge on any atom is -0.439 e. The van der Waals surface area contributed by atoms with Crippen molar-refractivity contribution in [1.82, 2.24) is 14.9 Å². The Balaban J connectivity index is 1.56. The SMILES string of the molecule is O=C(Cn1cccc1)NCc1cccc(Oc2ccccn2)c1. The third-order valence-electron chi connectivity index (χ3n) is 3.24. The van der Waals surface area contributed by atoms with Crippen LogP contribution in [0.25, 0.3) is 0 Å². The van der Waals surface area contributed by atoms with Crippen LogP contribution in [0.1, 0.15) is 5.56 Å². The number of amides is 1. The molecule has 3 aromatic rings. The largest absolute Gasteiger partial charge is 0.439 e. The monoisotopic (exact) mass is 307 g/mol. The zero-order valence-electron chi connectivity index (χ0n) is 12.6. The molecule has 0 saturated heterocycles. The molecule has 2 aromatic heterocycles. The van der Waals surface area contributed by atoms with Crippen molar-refractivity contribution in [3.05, 3.63) is 78.8 Å². The molecule has 0 spiro atoms. The highest BCUT2D eigenvalue weighted by Crippen LogP contribution is 2.19. The molecule has 0 radical (unpaired) electrons. The Hall–Kier alpha value is -3.08. The molecular weight excluding hydrogens is 290 g/mol. The fourth-order valence-electron chi connectivity index (χ4n) is 2.15. The summed E-state index contributed by atoms with van der Waals surface area (Å²) in [5, 5.41) is 2.90. The first-order valence-corrected chi connectivity index (χ1v) is 7.35. The van der Waals surface area contributed by atoms with Crippen molar-refractivity contribution in [1.29, 1.82) is 0 Å². The summed E-state index contributed by atoms with van der Waals surface area (Å²) in [7, 11) is 0. The van der Waals surface area contributed by atoms with E-state index in [1.54, 1.807) is 12.3 Å². The summed E-state index contributed by atoms with van der Waals surface area (Å²) in [5.74, 6) is 1.21. The van der Waals surface area contributed by atoms with E-state index in [9.17, 15) is 4.79 Å². The molecule has 1 aromatic carbocycles. The van der Waals surface area contributed by atoms with Crippen LogP contribution in [0.2, 0.25) is 0 Å². The number of hydrogen-bond acceptors (Lipinski definition) is 3. The molecule has 0 unspecified atom stereocenters. The van der Waals surface area contributed by atoms with Gasteiger partial charge in [-0.05, 0) is 35.9 Å².